The van der Waals surface area contributed by atoms with Gasteiger partial charge in [-0.05, 0) is 47.9 Å². The third kappa shape index (κ3) is 3.57. The van der Waals surface area contributed by atoms with Crippen molar-refractivity contribution >= 4 is 45.8 Å². The van der Waals surface area contributed by atoms with E-state index in [4.69, 9.17) is 17.0 Å². The molecule has 1 N–H and O–H groups in total. The second-order valence-corrected chi connectivity index (χ2v) is 6.21. The van der Waals surface area contributed by atoms with Crippen LogP contribution >= 0.6 is 34.8 Å². The monoisotopic (exact) mass is 409 g/mol. The molecule has 0 bridgehead atoms. The predicted octanol–water partition coefficient (Wildman–Crippen LogP) is 3.02. The van der Waals surface area contributed by atoms with Gasteiger partial charge in [-0.1, -0.05) is 0 Å². The number of aromatic nitrogens is 2. The first-order valence-electron chi connectivity index (χ1n) is 6.28. The molecular formula is C13H17FIN3OS. The van der Waals surface area contributed by atoms with Crippen LogP contribution in [0.25, 0.3) is 11.0 Å². The van der Waals surface area contributed by atoms with E-state index >= 15 is 0 Å². The molecule has 0 fully saturated rings. The zero-order valence-electron chi connectivity index (χ0n) is 11.4. The highest BCUT2D eigenvalue weighted by Crippen LogP contribution is 2.20. The zero-order chi connectivity index (χ0) is 14.7. The first-order valence-corrected chi connectivity index (χ1v) is 7.76. The van der Waals surface area contributed by atoms with E-state index in [0.717, 1.165) is 30.7 Å². The molecule has 2 aromatic rings. The van der Waals surface area contributed by atoms with E-state index in [-0.39, 0.29) is 5.82 Å². The van der Waals surface area contributed by atoms with Gasteiger partial charge < -0.3 is 19.2 Å². The summed E-state index contributed by atoms with van der Waals surface area (Å²) in [5.74, 6) is -0.214. The van der Waals surface area contributed by atoms with Crippen LogP contribution in [0.2, 0.25) is 0 Å². The van der Waals surface area contributed by atoms with Crippen LogP contribution in [-0.2, 0) is 11.3 Å². The highest BCUT2D eigenvalue weighted by molar-refractivity contribution is 14.1. The number of H-pyrrole nitrogens is 1. The van der Waals surface area contributed by atoms with Gasteiger partial charge in [0.1, 0.15) is 5.82 Å². The smallest absolute Gasteiger partial charge is 0.178 e. The fourth-order valence-corrected chi connectivity index (χ4v) is 2.77. The predicted molar refractivity (Wildman–Crippen MR) is 89.2 cm³/mol. The van der Waals surface area contributed by atoms with Crippen molar-refractivity contribution in [3.8, 4) is 0 Å². The molecule has 0 aliphatic carbocycles. The van der Waals surface area contributed by atoms with Gasteiger partial charge in [0.25, 0.3) is 0 Å². The number of aromatic amines is 1. The Hall–Kier alpha value is -0.510. The lowest BCUT2D eigenvalue weighted by molar-refractivity contribution is 0.159. The largest absolute Gasteiger partial charge is 0.383 e. The molecule has 0 amide bonds. The second kappa shape index (κ2) is 6.97. The Morgan fingerprint density at radius 1 is 1.45 bits per heavy atom. The SMILES string of the molecule is COCCN(C)CCn1c(=S)[nH]c2cc(I)c(F)cc21. The summed E-state index contributed by atoms with van der Waals surface area (Å²) in [7, 11) is 3.72. The zero-order valence-corrected chi connectivity index (χ0v) is 14.4. The molecule has 1 aromatic heterocycles. The first-order chi connectivity index (χ1) is 9.52. The summed E-state index contributed by atoms with van der Waals surface area (Å²) in [6.07, 6.45) is 0. The fourth-order valence-electron chi connectivity index (χ4n) is 2.00. The Bertz CT molecular complexity index is 655. The summed E-state index contributed by atoms with van der Waals surface area (Å²) < 4.78 is 21.9. The molecule has 0 spiro atoms. The van der Waals surface area contributed by atoms with E-state index in [0.29, 0.717) is 14.9 Å². The first kappa shape index (κ1) is 15.9. The van der Waals surface area contributed by atoms with E-state index in [1.807, 2.05) is 34.2 Å². The third-order valence-corrected chi connectivity index (χ3v) is 4.35. The van der Waals surface area contributed by atoms with Crippen molar-refractivity contribution in [3.05, 3.63) is 26.3 Å². The summed E-state index contributed by atoms with van der Waals surface area (Å²) in [4.78, 5) is 5.28. The van der Waals surface area contributed by atoms with Gasteiger partial charge in [-0.3, -0.25) is 0 Å². The molecule has 0 atom stereocenters. The van der Waals surface area contributed by atoms with Gasteiger partial charge in [0.2, 0.25) is 0 Å². The summed E-state index contributed by atoms with van der Waals surface area (Å²) in [6.45, 7) is 3.11. The van der Waals surface area contributed by atoms with Crippen LogP contribution in [-0.4, -0.2) is 48.3 Å². The van der Waals surface area contributed by atoms with Gasteiger partial charge in [-0.15, -0.1) is 0 Å². The van der Waals surface area contributed by atoms with Crippen LogP contribution in [0, 0.1) is 14.2 Å². The quantitative estimate of drug-likeness (QED) is 0.589. The maximum atomic E-state index is 13.7. The lowest BCUT2D eigenvalue weighted by Gasteiger charge is -2.16. The van der Waals surface area contributed by atoms with Crippen LogP contribution in [0.1, 0.15) is 0 Å². The average molecular weight is 409 g/mol. The second-order valence-electron chi connectivity index (χ2n) is 4.66. The molecule has 110 valence electrons. The number of imidazole rings is 1. The molecule has 0 saturated heterocycles. The highest BCUT2D eigenvalue weighted by atomic mass is 127. The Morgan fingerprint density at radius 3 is 2.90 bits per heavy atom. The third-order valence-electron chi connectivity index (χ3n) is 3.20. The summed E-state index contributed by atoms with van der Waals surface area (Å²) in [5.41, 5.74) is 1.69. The summed E-state index contributed by atoms with van der Waals surface area (Å²) in [6, 6.07) is 3.32. The van der Waals surface area contributed by atoms with E-state index in [9.17, 15) is 4.39 Å². The van der Waals surface area contributed by atoms with E-state index in [2.05, 4.69) is 9.88 Å². The minimum Gasteiger partial charge on any atom is -0.383 e. The van der Waals surface area contributed by atoms with Gasteiger partial charge in [0, 0.05) is 32.8 Å². The van der Waals surface area contributed by atoms with Crippen molar-refractivity contribution < 1.29 is 9.13 Å². The standard InChI is InChI=1S/C13H17FIN3OS/c1-17(5-6-19-2)3-4-18-12-7-9(14)10(15)8-11(12)16-13(18)20/h7-8H,3-6H2,1-2H3,(H,16,20). The van der Waals surface area contributed by atoms with Gasteiger partial charge >= 0.3 is 0 Å². The van der Waals surface area contributed by atoms with E-state index in [1.54, 1.807) is 19.2 Å². The number of likely N-dealkylation sites (N-methyl/N-ethyl adjacent to an activating group) is 1. The molecule has 4 nitrogen and oxygen atoms in total. The number of nitrogens with zero attached hydrogens (tertiary/aromatic N) is 2. The lowest BCUT2D eigenvalue weighted by Crippen LogP contribution is -2.26. The van der Waals surface area contributed by atoms with E-state index < -0.39 is 0 Å². The highest BCUT2D eigenvalue weighted by Gasteiger charge is 2.09. The number of fused-ring (bicyclic) bond motifs is 1. The number of halogens is 2. The molecule has 7 heteroatoms. The van der Waals surface area contributed by atoms with Gasteiger partial charge in [-0.25, -0.2) is 4.39 Å². The molecule has 0 aliphatic rings. The van der Waals surface area contributed by atoms with Gasteiger partial charge in [0.15, 0.2) is 4.77 Å². The Balaban J connectivity index is 2.19. The minimum absolute atomic E-state index is 0.214. The Morgan fingerprint density at radius 2 is 2.20 bits per heavy atom. The van der Waals surface area contributed by atoms with Gasteiger partial charge in [-0.2, -0.15) is 0 Å². The molecule has 0 aliphatic heterocycles. The van der Waals surface area contributed by atoms with Crippen molar-refractivity contribution in [3.63, 3.8) is 0 Å². The summed E-state index contributed by atoms with van der Waals surface area (Å²) in [5, 5.41) is 0. The fraction of sp³-hybridized carbons (Fsp3) is 0.462. The maximum absolute atomic E-state index is 13.7. The molecule has 2 rings (SSSR count). The molecule has 1 heterocycles. The van der Waals surface area contributed by atoms with Crippen LogP contribution in [0.3, 0.4) is 0 Å². The maximum Gasteiger partial charge on any atom is 0.178 e. The Labute approximate surface area is 136 Å². The van der Waals surface area contributed by atoms with E-state index in [1.165, 1.54) is 0 Å². The topological polar surface area (TPSA) is 33.2 Å². The van der Waals surface area contributed by atoms with Crippen LogP contribution < -0.4 is 0 Å². The normalized spacial score (nSPS) is 11.7. The number of hydrogen-bond acceptors (Lipinski definition) is 3. The van der Waals surface area contributed by atoms with Crippen molar-refractivity contribution in [2.75, 3.05) is 33.9 Å². The van der Waals surface area contributed by atoms with Crippen molar-refractivity contribution in [2.24, 2.45) is 0 Å². The van der Waals surface area contributed by atoms with Gasteiger partial charge in [0.05, 0.1) is 21.2 Å². The number of nitrogens with one attached hydrogen (secondary N) is 1. The number of methoxy groups -OCH3 is 1. The lowest BCUT2D eigenvalue weighted by atomic mass is 10.3. The molecule has 0 radical (unpaired) electrons. The molecular weight excluding hydrogens is 392 g/mol. The average Bonchev–Trinajstić information content (AvgIpc) is 2.70. The summed E-state index contributed by atoms with van der Waals surface area (Å²) >= 11 is 7.30. The van der Waals surface area contributed by atoms with Crippen molar-refractivity contribution in [1.29, 1.82) is 0 Å². The van der Waals surface area contributed by atoms with Crippen LogP contribution in [0.5, 0.6) is 0 Å². The van der Waals surface area contributed by atoms with Crippen molar-refractivity contribution in [2.45, 2.75) is 6.54 Å². The molecule has 0 unspecified atom stereocenters. The minimum atomic E-state index is -0.214. The van der Waals surface area contributed by atoms with Crippen molar-refractivity contribution in [1.82, 2.24) is 14.5 Å². The Kier molecular flexibility index (Phi) is 5.53. The molecule has 0 saturated carbocycles. The van der Waals surface area contributed by atoms with Crippen LogP contribution in [0.15, 0.2) is 12.1 Å². The number of ether oxygens (including phenoxy) is 1. The number of rotatable bonds is 6. The van der Waals surface area contributed by atoms with Crippen LogP contribution in [0.4, 0.5) is 4.39 Å². The number of hydrogen-bond donors (Lipinski definition) is 1. The number of benzene rings is 1. The molecule has 1 aromatic carbocycles. The molecule has 20 heavy (non-hydrogen) atoms.